The highest BCUT2D eigenvalue weighted by Crippen LogP contribution is 2.22. The lowest BCUT2D eigenvalue weighted by Gasteiger charge is -1.89. The minimum atomic E-state index is 0.870. The van der Waals surface area contributed by atoms with Crippen LogP contribution in [0.15, 0.2) is 22.7 Å². The molecule has 0 bridgehead atoms. The van der Waals surface area contributed by atoms with E-state index in [0.29, 0.717) is 0 Å². The molecule has 2 aromatic rings. The summed E-state index contributed by atoms with van der Waals surface area (Å²) >= 11 is 2.28. The van der Waals surface area contributed by atoms with Gasteiger partial charge in [-0.25, -0.2) is 0 Å². The lowest BCUT2D eigenvalue weighted by molar-refractivity contribution is 0.450. The maximum absolute atomic E-state index is 5.07. The first-order valence-corrected chi connectivity index (χ1v) is 4.37. The van der Waals surface area contributed by atoms with Crippen LogP contribution in [0.2, 0.25) is 0 Å². The zero-order valence-corrected chi connectivity index (χ0v) is 8.12. The fourth-order valence-electron chi connectivity index (χ4n) is 1.09. The Morgan fingerprint density at radius 2 is 2.27 bits per heavy atom. The van der Waals surface area contributed by atoms with Crippen molar-refractivity contribution in [3.8, 4) is 0 Å². The van der Waals surface area contributed by atoms with Crippen LogP contribution in [0.5, 0.6) is 0 Å². The highest BCUT2D eigenvalue weighted by atomic mass is 127. The van der Waals surface area contributed by atoms with E-state index in [1.807, 2.05) is 25.1 Å². The zero-order valence-electron chi connectivity index (χ0n) is 5.97. The van der Waals surface area contributed by atoms with Crippen molar-refractivity contribution in [2.45, 2.75) is 6.92 Å². The average molecular weight is 259 g/mol. The van der Waals surface area contributed by atoms with Gasteiger partial charge in [-0.2, -0.15) is 0 Å². The van der Waals surface area contributed by atoms with Crippen molar-refractivity contribution in [3.63, 3.8) is 0 Å². The van der Waals surface area contributed by atoms with Gasteiger partial charge in [-0.3, -0.25) is 0 Å². The van der Waals surface area contributed by atoms with Crippen molar-refractivity contribution < 1.29 is 4.52 Å². The molecule has 1 aromatic heterocycles. The maximum atomic E-state index is 5.07. The smallest absolute Gasteiger partial charge is 0.168 e. The number of halogens is 1. The highest BCUT2D eigenvalue weighted by Gasteiger charge is 2.05. The van der Waals surface area contributed by atoms with Crippen LogP contribution in [-0.2, 0) is 0 Å². The number of aryl methyl sites for hydroxylation is 1. The van der Waals surface area contributed by atoms with E-state index in [-0.39, 0.29) is 0 Å². The summed E-state index contributed by atoms with van der Waals surface area (Å²) in [6, 6.07) is 5.94. The number of hydrogen-bond donors (Lipinski definition) is 0. The summed E-state index contributed by atoms with van der Waals surface area (Å²) in [4.78, 5) is 0. The number of fused-ring (bicyclic) bond motifs is 1. The van der Waals surface area contributed by atoms with E-state index in [1.165, 1.54) is 3.57 Å². The van der Waals surface area contributed by atoms with Crippen molar-refractivity contribution in [3.05, 3.63) is 27.5 Å². The molecule has 1 heterocycles. The van der Waals surface area contributed by atoms with Crippen molar-refractivity contribution in [1.82, 2.24) is 5.16 Å². The molecule has 0 amide bonds. The predicted octanol–water partition coefficient (Wildman–Crippen LogP) is 2.74. The van der Waals surface area contributed by atoms with Crippen LogP contribution in [0, 0.1) is 10.5 Å². The van der Waals surface area contributed by atoms with Gasteiger partial charge in [0, 0.05) is 3.57 Å². The summed E-state index contributed by atoms with van der Waals surface area (Å²) in [6.45, 7) is 1.95. The molecule has 0 aliphatic heterocycles. The van der Waals surface area contributed by atoms with Gasteiger partial charge in [-0.1, -0.05) is 11.2 Å². The van der Waals surface area contributed by atoms with Gasteiger partial charge in [-0.15, -0.1) is 0 Å². The SMILES string of the molecule is Cc1noc2cccc(I)c12. The van der Waals surface area contributed by atoms with Crippen molar-refractivity contribution in [2.24, 2.45) is 0 Å². The van der Waals surface area contributed by atoms with Crippen LogP contribution in [0.3, 0.4) is 0 Å². The number of benzene rings is 1. The Hall–Kier alpha value is -0.580. The van der Waals surface area contributed by atoms with Gasteiger partial charge in [0.05, 0.1) is 11.1 Å². The van der Waals surface area contributed by atoms with E-state index >= 15 is 0 Å². The lowest BCUT2D eigenvalue weighted by Crippen LogP contribution is -1.74. The molecule has 0 spiro atoms. The number of hydrogen-bond acceptors (Lipinski definition) is 2. The minimum Gasteiger partial charge on any atom is -0.356 e. The van der Waals surface area contributed by atoms with Gasteiger partial charge in [-0.05, 0) is 41.6 Å². The molecule has 56 valence electrons. The monoisotopic (exact) mass is 259 g/mol. The average Bonchev–Trinajstić information content (AvgIpc) is 2.34. The molecule has 3 heteroatoms. The maximum Gasteiger partial charge on any atom is 0.168 e. The molecule has 11 heavy (non-hydrogen) atoms. The Kier molecular flexibility index (Phi) is 1.60. The summed E-state index contributed by atoms with van der Waals surface area (Å²) in [5, 5.41) is 5.01. The van der Waals surface area contributed by atoms with E-state index in [4.69, 9.17) is 4.52 Å². The molecule has 0 N–H and O–H groups in total. The molecule has 2 nitrogen and oxygen atoms in total. The third-order valence-corrected chi connectivity index (χ3v) is 2.52. The fourth-order valence-corrected chi connectivity index (χ4v) is 1.96. The van der Waals surface area contributed by atoms with E-state index in [1.54, 1.807) is 0 Å². The summed E-state index contributed by atoms with van der Waals surface area (Å²) in [6.07, 6.45) is 0. The molecular formula is C8H6INO. The predicted molar refractivity (Wildman–Crippen MR) is 51.5 cm³/mol. The van der Waals surface area contributed by atoms with Crippen molar-refractivity contribution in [2.75, 3.05) is 0 Å². The standard InChI is InChI=1S/C8H6INO/c1-5-8-6(9)3-2-4-7(8)11-10-5/h2-4H,1H3. The first-order valence-electron chi connectivity index (χ1n) is 3.29. The van der Waals surface area contributed by atoms with Crippen LogP contribution >= 0.6 is 22.6 Å². The van der Waals surface area contributed by atoms with Gasteiger partial charge in [0.25, 0.3) is 0 Å². The molecule has 1 aromatic carbocycles. The Labute approximate surface area is 77.7 Å². The molecule has 0 saturated carbocycles. The van der Waals surface area contributed by atoms with Gasteiger partial charge < -0.3 is 4.52 Å². The van der Waals surface area contributed by atoms with Crippen LogP contribution in [0.4, 0.5) is 0 Å². The largest absolute Gasteiger partial charge is 0.356 e. The van der Waals surface area contributed by atoms with E-state index in [0.717, 1.165) is 16.7 Å². The molecule has 0 unspecified atom stereocenters. The molecular weight excluding hydrogens is 253 g/mol. The molecule has 0 atom stereocenters. The van der Waals surface area contributed by atoms with Crippen LogP contribution in [0.25, 0.3) is 11.0 Å². The third-order valence-electron chi connectivity index (χ3n) is 1.62. The van der Waals surface area contributed by atoms with Crippen molar-refractivity contribution in [1.29, 1.82) is 0 Å². The Morgan fingerprint density at radius 3 is 3.00 bits per heavy atom. The second-order valence-electron chi connectivity index (χ2n) is 2.38. The van der Waals surface area contributed by atoms with Crippen molar-refractivity contribution >= 4 is 33.6 Å². The van der Waals surface area contributed by atoms with E-state index in [2.05, 4.69) is 27.7 Å². The zero-order chi connectivity index (χ0) is 7.84. The van der Waals surface area contributed by atoms with Crippen LogP contribution < -0.4 is 0 Å². The van der Waals surface area contributed by atoms with Crippen LogP contribution in [-0.4, -0.2) is 5.16 Å². The number of nitrogens with zero attached hydrogens (tertiary/aromatic N) is 1. The van der Waals surface area contributed by atoms with Gasteiger partial charge >= 0.3 is 0 Å². The first kappa shape index (κ1) is 7.09. The fraction of sp³-hybridized carbons (Fsp3) is 0.125. The summed E-state index contributed by atoms with van der Waals surface area (Å²) in [5.41, 5.74) is 1.83. The minimum absolute atomic E-state index is 0.870. The highest BCUT2D eigenvalue weighted by molar-refractivity contribution is 14.1. The molecule has 0 radical (unpaired) electrons. The number of rotatable bonds is 0. The number of aromatic nitrogens is 1. The Balaban J connectivity index is 2.96. The van der Waals surface area contributed by atoms with E-state index in [9.17, 15) is 0 Å². The van der Waals surface area contributed by atoms with Gasteiger partial charge in [0.15, 0.2) is 5.58 Å². The van der Waals surface area contributed by atoms with Gasteiger partial charge in [0.2, 0.25) is 0 Å². The topological polar surface area (TPSA) is 26.0 Å². The Bertz CT molecular complexity index is 394. The lowest BCUT2D eigenvalue weighted by atomic mass is 10.2. The van der Waals surface area contributed by atoms with E-state index < -0.39 is 0 Å². The summed E-state index contributed by atoms with van der Waals surface area (Å²) < 4.78 is 6.27. The Morgan fingerprint density at radius 1 is 1.45 bits per heavy atom. The first-order chi connectivity index (χ1) is 5.29. The third kappa shape index (κ3) is 1.03. The molecule has 2 rings (SSSR count). The normalized spacial score (nSPS) is 10.7. The summed E-state index contributed by atoms with van der Waals surface area (Å²) in [5.74, 6) is 0. The quantitative estimate of drug-likeness (QED) is 0.680. The molecule has 0 aliphatic rings. The molecule has 0 fully saturated rings. The molecule has 0 aliphatic carbocycles. The second-order valence-corrected chi connectivity index (χ2v) is 3.54. The van der Waals surface area contributed by atoms with Crippen LogP contribution in [0.1, 0.15) is 5.69 Å². The molecule has 0 saturated heterocycles. The van der Waals surface area contributed by atoms with Gasteiger partial charge in [0.1, 0.15) is 0 Å². The summed E-state index contributed by atoms with van der Waals surface area (Å²) in [7, 11) is 0. The second kappa shape index (κ2) is 2.48.